The van der Waals surface area contributed by atoms with Crippen molar-refractivity contribution in [2.75, 3.05) is 0 Å². The summed E-state index contributed by atoms with van der Waals surface area (Å²) in [6.45, 7) is 1.73. The first-order chi connectivity index (χ1) is 5.04. The Kier molecular flexibility index (Phi) is 1.95. The Bertz CT molecular complexity index is 298. The molecule has 0 unspecified atom stereocenters. The zero-order valence-electron chi connectivity index (χ0n) is 5.90. The number of allylic oxidation sites excluding steroid dienone is 4. The Labute approximate surface area is 72.6 Å². The van der Waals surface area contributed by atoms with Crippen molar-refractivity contribution in [1.82, 2.24) is 0 Å². The zero-order valence-corrected chi connectivity index (χ0v) is 7.49. The Morgan fingerprint density at radius 2 is 1.91 bits per heavy atom. The van der Waals surface area contributed by atoms with Crippen LogP contribution in [0.15, 0.2) is 21.9 Å². The highest BCUT2D eigenvalue weighted by Crippen LogP contribution is 2.21. The Morgan fingerprint density at radius 3 is 2.45 bits per heavy atom. The molecular formula is C7H7BrN2O. The molecule has 1 rings (SSSR count). The molecule has 0 saturated carbocycles. The highest BCUT2D eigenvalue weighted by atomic mass is 79.9. The number of rotatable bonds is 0. The molecule has 1 aliphatic carbocycles. The number of hydrogen-bond donors (Lipinski definition) is 3. The van der Waals surface area contributed by atoms with Crippen molar-refractivity contribution in [3.8, 4) is 0 Å². The van der Waals surface area contributed by atoms with Gasteiger partial charge in [-0.3, -0.25) is 10.8 Å². The second-order valence-electron chi connectivity index (χ2n) is 2.27. The summed E-state index contributed by atoms with van der Waals surface area (Å²) in [6, 6.07) is 0. The van der Waals surface area contributed by atoms with Crippen LogP contribution in [0, 0.1) is 10.8 Å². The van der Waals surface area contributed by atoms with Crippen molar-refractivity contribution in [2.45, 2.75) is 6.92 Å². The SMILES string of the molecule is CC1=CC(Br)=C(O)C(=N)C1=N. The van der Waals surface area contributed by atoms with Crippen LogP contribution in [0.2, 0.25) is 0 Å². The van der Waals surface area contributed by atoms with Crippen LogP contribution < -0.4 is 0 Å². The van der Waals surface area contributed by atoms with Crippen molar-refractivity contribution in [1.29, 1.82) is 10.8 Å². The predicted molar refractivity (Wildman–Crippen MR) is 47.8 cm³/mol. The van der Waals surface area contributed by atoms with Crippen LogP contribution in [-0.2, 0) is 0 Å². The molecule has 0 bridgehead atoms. The van der Waals surface area contributed by atoms with Gasteiger partial charge in [0.15, 0.2) is 5.76 Å². The molecule has 0 aromatic carbocycles. The summed E-state index contributed by atoms with van der Waals surface area (Å²) in [5.41, 5.74) is 0.627. The number of aliphatic hydroxyl groups is 1. The lowest BCUT2D eigenvalue weighted by Crippen LogP contribution is -2.19. The summed E-state index contributed by atoms with van der Waals surface area (Å²) in [5, 5.41) is 23.7. The van der Waals surface area contributed by atoms with Crippen LogP contribution >= 0.6 is 15.9 Å². The number of aliphatic hydroxyl groups excluding tert-OH is 1. The normalized spacial score (nSPS) is 18.9. The molecule has 0 heterocycles. The van der Waals surface area contributed by atoms with E-state index in [-0.39, 0.29) is 17.2 Å². The summed E-state index contributed by atoms with van der Waals surface area (Å²) in [7, 11) is 0. The summed E-state index contributed by atoms with van der Waals surface area (Å²) in [4.78, 5) is 0. The van der Waals surface area contributed by atoms with E-state index in [2.05, 4.69) is 15.9 Å². The quantitative estimate of drug-likeness (QED) is 0.532. The monoisotopic (exact) mass is 214 g/mol. The minimum atomic E-state index is -0.166. The summed E-state index contributed by atoms with van der Waals surface area (Å²) < 4.78 is 0.469. The highest BCUT2D eigenvalue weighted by molar-refractivity contribution is 9.11. The van der Waals surface area contributed by atoms with Gasteiger partial charge in [-0.2, -0.15) is 0 Å². The Morgan fingerprint density at radius 1 is 1.36 bits per heavy atom. The molecule has 3 nitrogen and oxygen atoms in total. The first-order valence-corrected chi connectivity index (χ1v) is 3.78. The lowest BCUT2D eigenvalue weighted by Gasteiger charge is -2.11. The van der Waals surface area contributed by atoms with Crippen LogP contribution in [0.1, 0.15) is 6.92 Å². The second-order valence-corrected chi connectivity index (χ2v) is 3.13. The van der Waals surface area contributed by atoms with Crippen LogP contribution in [0.25, 0.3) is 0 Å². The molecule has 3 N–H and O–H groups in total. The first-order valence-electron chi connectivity index (χ1n) is 2.99. The van der Waals surface area contributed by atoms with Gasteiger partial charge in [-0.05, 0) is 34.5 Å². The highest BCUT2D eigenvalue weighted by Gasteiger charge is 2.18. The number of halogens is 1. The molecule has 0 amide bonds. The minimum Gasteiger partial charge on any atom is -0.505 e. The fourth-order valence-corrected chi connectivity index (χ4v) is 1.31. The molecule has 0 atom stereocenters. The Hall–Kier alpha value is -0.900. The average molecular weight is 215 g/mol. The van der Waals surface area contributed by atoms with E-state index in [4.69, 9.17) is 15.9 Å². The number of hydrogen-bond acceptors (Lipinski definition) is 3. The molecule has 0 fully saturated rings. The number of nitrogens with one attached hydrogen (secondary N) is 2. The molecule has 0 radical (unpaired) electrons. The van der Waals surface area contributed by atoms with Gasteiger partial charge in [-0.1, -0.05) is 0 Å². The van der Waals surface area contributed by atoms with E-state index in [0.29, 0.717) is 10.1 Å². The first kappa shape index (κ1) is 8.20. The van der Waals surface area contributed by atoms with Gasteiger partial charge in [-0.25, -0.2) is 0 Å². The minimum absolute atomic E-state index is 0.0747. The van der Waals surface area contributed by atoms with E-state index >= 15 is 0 Å². The lowest BCUT2D eigenvalue weighted by molar-refractivity contribution is 0.442. The van der Waals surface area contributed by atoms with E-state index in [1.165, 1.54) is 0 Å². The molecular weight excluding hydrogens is 208 g/mol. The molecule has 4 heteroatoms. The molecule has 11 heavy (non-hydrogen) atoms. The van der Waals surface area contributed by atoms with Gasteiger partial charge in [0, 0.05) is 0 Å². The van der Waals surface area contributed by atoms with Crippen molar-refractivity contribution >= 4 is 27.4 Å². The smallest absolute Gasteiger partial charge is 0.156 e. The predicted octanol–water partition coefficient (Wildman–Crippen LogP) is 2.15. The van der Waals surface area contributed by atoms with Crippen LogP contribution in [-0.4, -0.2) is 16.5 Å². The standard InChI is InChI=1S/C7H7BrN2O/c1-3-2-4(8)7(11)6(10)5(3)9/h2,9-11H,1H3. The van der Waals surface area contributed by atoms with Crippen molar-refractivity contribution in [2.24, 2.45) is 0 Å². The van der Waals surface area contributed by atoms with E-state index in [0.717, 1.165) is 0 Å². The Balaban J connectivity index is 3.22. The molecule has 0 aliphatic heterocycles. The molecule has 1 aliphatic rings. The van der Waals surface area contributed by atoms with Gasteiger partial charge in [0.2, 0.25) is 0 Å². The van der Waals surface area contributed by atoms with Gasteiger partial charge >= 0.3 is 0 Å². The lowest BCUT2D eigenvalue weighted by atomic mass is 10.0. The zero-order chi connectivity index (χ0) is 8.59. The average Bonchev–Trinajstić information content (AvgIpc) is 1.97. The summed E-state index contributed by atoms with van der Waals surface area (Å²) >= 11 is 3.08. The maximum atomic E-state index is 9.16. The molecule has 0 spiro atoms. The van der Waals surface area contributed by atoms with E-state index in [9.17, 15) is 0 Å². The molecule has 0 saturated heterocycles. The van der Waals surface area contributed by atoms with Crippen LogP contribution in [0.3, 0.4) is 0 Å². The van der Waals surface area contributed by atoms with E-state index < -0.39 is 0 Å². The maximum absolute atomic E-state index is 9.16. The molecule has 0 aromatic rings. The van der Waals surface area contributed by atoms with Gasteiger partial charge in [0.1, 0.15) is 5.71 Å². The largest absolute Gasteiger partial charge is 0.505 e. The third kappa shape index (κ3) is 1.26. The molecule has 0 aromatic heterocycles. The molecule has 58 valence electrons. The van der Waals surface area contributed by atoms with Gasteiger partial charge in [0.25, 0.3) is 0 Å². The summed E-state index contributed by atoms with van der Waals surface area (Å²) in [5.74, 6) is -0.166. The van der Waals surface area contributed by atoms with Gasteiger partial charge in [-0.15, -0.1) is 0 Å². The summed E-state index contributed by atoms with van der Waals surface area (Å²) in [6.07, 6.45) is 1.62. The fourth-order valence-electron chi connectivity index (χ4n) is 0.766. The van der Waals surface area contributed by atoms with E-state index in [1.807, 2.05) is 0 Å². The fraction of sp³-hybridized carbons (Fsp3) is 0.143. The van der Waals surface area contributed by atoms with Gasteiger partial charge in [0.05, 0.1) is 10.2 Å². The third-order valence-corrected chi connectivity index (χ3v) is 2.06. The maximum Gasteiger partial charge on any atom is 0.156 e. The van der Waals surface area contributed by atoms with Gasteiger partial charge < -0.3 is 5.11 Å². The van der Waals surface area contributed by atoms with Crippen LogP contribution in [0.5, 0.6) is 0 Å². The third-order valence-electron chi connectivity index (χ3n) is 1.45. The van der Waals surface area contributed by atoms with Crippen molar-refractivity contribution < 1.29 is 5.11 Å². The van der Waals surface area contributed by atoms with E-state index in [1.54, 1.807) is 13.0 Å². The van der Waals surface area contributed by atoms with Crippen LogP contribution in [0.4, 0.5) is 0 Å². The van der Waals surface area contributed by atoms with Crippen molar-refractivity contribution in [3.63, 3.8) is 0 Å². The van der Waals surface area contributed by atoms with Crippen molar-refractivity contribution in [3.05, 3.63) is 21.9 Å². The second kappa shape index (κ2) is 2.62. The topological polar surface area (TPSA) is 67.9 Å².